The van der Waals surface area contributed by atoms with E-state index in [0.29, 0.717) is 26.2 Å². The summed E-state index contributed by atoms with van der Waals surface area (Å²) in [6.45, 7) is 9.44. The Morgan fingerprint density at radius 3 is 2.32 bits per heavy atom. The molecule has 0 saturated carbocycles. The summed E-state index contributed by atoms with van der Waals surface area (Å²) in [4.78, 5) is 27.9. The molecule has 7 heteroatoms. The predicted molar refractivity (Wildman–Crippen MR) is 100 cm³/mol. The van der Waals surface area contributed by atoms with Crippen molar-refractivity contribution in [3.8, 4) is 0 Å². The molecule has 1 aliphatic heterocycles. The number of ether oxygens (including phenoxy) is 1. The summed E-state index contributed by atoms with van der Waals surface area (Å²) in [6.07, 6.45) is -0.324. The summed E-state index contributed by atoms with van der Waals surface area (Å²) in [7, 11) is 0. The van der Waals surface area contributed by atoms with E-state index < -0.39 is 5.60 Å². The lowest BCUT2D eigenvalue weighted by atomic mass is 10.1. The van der Waals surface area contributed by atoms with E-state index in [1.54, 1.807) is 9.80 Å². The first-order chi connectivity index (χ1) is 11.7. The number of hydrogen-bond donors (Lipinski definition) is 1. The first kappa shape index (κ1) is 19.6. The molecule has 1 aromatic rings. The standard InChI is InChI=1S/C18H26BrN3O3/c1-13(14-6-5-7-15(19)12-14)20-16(23)21-8-10-22(11-9-21)17(24)25-18(2,3)4/h5-7,12-13H,8-11H2,1-4H3,(H,20,23). The van der Waals surface area contributed by atoms with E-state index in [0.717, 1.165) is 10.0 Å². The zero-order valence-corrected chi connectivity index (χ0v) is 16.8. The van der Waals surface area contributed by atoms with Crippen molar-refractivity contribution in [1.82, 2.24) is 15.1 Å². The van der Waals surface area contributed by atoms with Gasteiger partial charge in [0.05, 0.1) is 6.04 Å². The lowest BCUT2D eigenvalue weighted by molar-refractivity contribution is 0.0169. The molecule has 0 radical (unpaired) electrons. The monoisotopic (exact) mass is 411 g/mol. The average Bonchev–Trinajstić information content (AvgIpc) is 2.53. The van der Waals surface area contributed by atoms with E-state index in [1.165, 1.54) is 0 Å². The summed E-state index contributed by atoms with van der Waals surface area (Å²) in [6, 6.07) is 7.67. The molecule has 0 spiro atoms. The summed E-state index contributed by atoms with van der Waals surface area (Å²) in [5, 5.41) is 3.01. The molecule has 25 heavy (non-hydrogen) atoms. The van der Waals surface area contributed by atoms with Crippen LogP contribution >= 0.6 is 15.9 Å². The van der Waals surface area contributed by atoms with Gasteiger partial charge in [-0.2, -0.15) is 0 Å². The van der Waals surface area contributed by atoms with Crippen LogP contribution in [0.5, 0.6) is 0 Å². The highest BCUT2D eigenvalue weighted by Crippen LogP contribution is 2.18. The number of nitrogens with zero attached hydrogens (tertiary/aromatic N) is 2. The van der Waals surface area contributed by atoms with Crippen molar-refractivity contribution in [1.29, 1.82) is 0 Å². The van der Waals surface area contributed by atoms with Crippen molar-refractivity contribution in [2.75, 3.05) is 26.2 Å². The number of carbonyl (C=O) groups is 2. The molecule has 1 heterocycles. The van der Waals surface area contributed by atoms with Gasteiger partial charge in [0.1, 0.15) is 5.60 Å². The van der Waals surface area contributed by atoms with Crippen LogP contribution < -0.4 is 5.32 Å². The van der Waals surface area contributed by atoms with Crippen LogP contribution in [0.2, 0.25) is 0 Å². The lowest BCUT2D eigenvalue weighted by Gasteiger charge is -2.36. The minimum atomic E-state index is -0.509. The number of hydrogen-bond acceptors (Lipinski definition) is 3. The maximum absolute atomic E-state index is 12.4. The highest BCUT2D eigenvalue weighted by molar-refractivity contribution is 9.10. The Balaban J connectivity index is 1.84. The number of urea groups is 1. The number of benzene rings is 1. The predicted octanol–water partition coefficient (Wildman–Crippen LogP) is 3.77. The normalized spacial score (nSPS) is 16.4. The quantitative estimate of drug-likeness (QED) is 0.805. The van der Waals surface area contributed by atoms with Crippen LogP contribution in [0.25, 0.3) is 0 Å². The van der Waals surface area contributed by atoms with Crippen molar-refractivity contribution < 1.29 is 14.3 Å². The first-order valence-electron chi connectivity index (χ1n) is 8.44. The number of carbonyl (C=O) groups excluding carboxylic acids is 2. The molecule has 1 aliphatic rings. The molecule has 0 aromatic heterocycles. The summed E-state index contributed by atoms with van der Waals surface area (Å²) >= 11 is 3.44. The fourth-order valence-corrected chi connectivity index (χ4v) is 2.97. The lowest BCUT2D eigenvalue weighted by Crippen LogP contribution is -2.54. The van der Waals surface area contributed by atoms with E-state index in [-0.39, 0.29) is 18.2 Å². The van der Waals surface area contributed by atoms with Gasteiger partial charge in [0.2, 0.25) is 0 Å². The Morgan fingerprint density at radius 1 is 1.16 bits per heavy atom. The van der Waals surface area contributed by atoms with Crippen LogP contribution in [-0.2, 0) is 4.74 Å². The van der Waals surface area contributed by atoms with Crippen LogP contribution in [0.1, 0.15) is 39.3 Å². The van der Waals surface area contributed by atoms with E-state index in [2.05, 4.69) is 21.2 Å². The molecule has 1 N–H and O–H groups in total. The number of amides is 3. The molecule has 1 atom stereocenters. The van der Waals surface area contributed by atoms with Crippen molar-refractivity contribution in [3.63, 3.8) is 0 Å². The van der Waals surface area contributed by atoms with Crippen molar-refractivity contribution >= 4 is 28.1 Å². The van der Waals surface area contributed by atoms with Gasteiger partial charge in [0, 0.05) is 30.7 Å². The van der Waals surface area contributed by atoms with Gasteiger partial charge in [0.25, 0.3) is 0 Å². The summed E-state index contributed by atoms with van der Waals surface area (Å²) < 4.78 is 6.35. The summed E-state index contributed by atoms with van der Waals surface area (Å²) in [5.41, 5.74) is 0.528. The fourth-order valence-electron chi connectivity index (χ4n) is 2.55. The number of nitrogens with one attached hydrogen (secondary N) is 1. The van der Waals surface area contributed by atoms with Crippen LogP contribution in [-0.4, -0.2) is 53.7 Å². The Morgan fingerprint density at radius 2 is 1.76 bits per heavy atom. The maximum atomic E-state index is 12.4. The minimum Gasteiger partial charge on any atom is -0.444 e. The van der Waals surface area contributed by atoms with Gasteiger partial charge >= 0.3 is 12.1 Å². The van der Waals surface area contributed by atoms with Crippen molar-refractivity contribution in [2.24, 2.45) is 0 Å². The van der Waals surface area contributed by atoms with E-state index in [1.807, 2.05) is 52.0 Å². The molecule has 3 amide bonds. The van der Waals surface area contributed by atoms with Gasteiger partial charge < -0.3 is 19.9 Å². The second-order valence-electron chi connectivity index (χ2n) is 7.18. The third-order valence-corrected chi connectivity index (χ3v) is 4.40. The van der Waals surface area contributed by atoms with Crippen LogP contribution in [0, 0.1) is 0 Å². The zero-order valence-electron chi connectivity index (χ0n) is 15.2. The fraction of sp³-hybridized carbons (Fsp3) is 0.556. The first-order valence-corrected chi connectivity index (χ1v) is 9.24. The Bertz CT molecular complexity index is 622. The van der Waals surface area contributed by atoms with Crippen LogP contribution in [0.3, 0.4) is 0 Å². The third kappa shape index (κ3) is 5.92. The Labute approximate surface area is 157 Å². The van der Waals surface area contributed by atoms with Gasteiger partial charge in [-0.3, -0.25) is 0 Å². The highest BCUT2D eigenvalue weighted by atomic mass is 79.9. The van der Waals surface area contributed by atoms with Crippen molar-refractivity contribution in [3.05, 3.63) is 34.3 Å². The molecule has 0 bridgehead atoms. The largest absolute Gasteiger partial charge is 0.444 e. The highest BCUT2D eigenvalue weighted by Gasteiger charge is 2.28. The summed E-state index contributed by atoms with van der Waals surface area (Å²) in [5.74, 6) is 0. The number of piperazine rings is 1. The molecule has 1 fully saturated rings. The SMILES string of the molecule is CC(NC(=O)N1CCN(C(=O)OC(C)(C)C)CC1)c1cccc(Br)c1. The van der Waals surface area contributed by atoms with Crippen molar-refractivity contribution in [2.45, 2.75) is 39.3 Å². The Kier molecular flexibility index (Phi) is 6.32. The average molecular weight is 412 g/mol. The van der Waals surface area contributed by atoms with Gasteiger partial charge in [-0.05, 0) is 45.4 Å². The van der Waals surface area contributed by atoms with Gasteiger partial charge in [0.15, 0.2) is 0 Å². The van der Waals surface area contributed by atoms with E-state index >= 15 is 0 Å². The molecular weight excluding hydrogens is 386 g/mol. The molecule has 6 nitrogen and oxygen atoms in total. The molecule has 1 unspecified atom stereocenters. The van der Waals surface area contributed by atoms with Gasteiger partial charge in [-0.1, -0.05) is 28.1 Å². The second-order valence-corrected chi connectivity index (χ2v) is 8.10. The van der Waals surface area contributed by atoms with Crippen LogP contribution in [0.4, 0.5) is 9.59 Å². The minimum absolute atomic E-state index is 0.0890. The smallest absolute Gasteiger partial charge is 0.410 e. The van der Waals surface area contributed by atoms with Gasteiger partial charge in [-0.25, -0.2) is 9.59 Å². The molecule has 0 aliphatic carbocycles. The number of halogens is 1. The molecule has 2 rings (SSSR count). The van der Waals surface area contributed by atoms with E-state index in [4.69, 9.17) is 4.74 Å². The maximum Gasteiger partial charge on any atom is 0.410 e. The topological polar surface area (TPSA) is 61.9 Å². The second kappa shape index (κ2) is 8.08. The zero-order chi connectivity index (χ0) is 18.6. The van der Waals surface area contributed by atoms with E-state index in [9.17, 15) is 9.59 Å². The van der Waals surface area contributed by atoms with Crippen LogP contribution in [0.15, 0.2) is 28.7 Å². The number of rotatable bonds is 2. The van der Waals surface area contributed by atoms with Gasteiger partial charge in [-0.15, -0.1) is 0 Å². The third-order valence-electron chi connectivity index (χ3n) is 3.91. The molecule has 1 aromatic carbocycles. The molecule has 1 saturated heterocycles. The molecule has 138 valence electrons. The molecular formula is C18H26BrN3O3. The Hall–Kier alpha value is -1.76.